The van der Waals surface area contributed by atoms with Crippen LogP contribution in [0.4, 0.5) is 13.2 Å². The molecule has 1 aromatic rings. The smallest absolute Gasteiger partial charge is 0.573 e. The van der Waals surface area contributed by atoms with E-state index in [4.69, 9.17) is 5.11 Å². The van der Waals surface area contributed by atoms with E-state index in [0.29, 0.717) is 6.07 Å². The Labute approximate surface area is 81.5 Å². The van der Waals surface area contributed by atoms with Gasteiger partial charge in [0.15, 0.2) is 0 Å². The summed E-state index contributed by atoms with van der Waals surface area (Å²) in [6.07, 6.45) is -5.03. The maximum absolute atomic E-state index is 11.8. The summed E-state index contributed by atoms with van der Waals surface area (Å²) in [5, 5.41) is 19.2. The molecule has 0 atom stereocenters. The number of aromatic carboxylic acids is 1. The molecule has 0 radical (unpaired) electrons. The first-order valence-corrected chi connectivity index (χ1v) is 3.60. The fourth-order valence-electron chi connectivity index (χ4n) is 0.888. The van der Waals surface area contributed by atoms with E-state index in [1.165, 1.54) is 0 Å². The van der Waals surface area contributed by atoms with Gasteiger partial charge in [-0.2, -0.15) is 0 Å². The predicted molar refractivity (Wildman–Crippen MR) is 39.5 cm³/mol. The first-order chi connectivity index (χ1) is 6.79. The van der Waals surface area contributed by atoms with E-state index in [-0.39, 0.29) is 0 Å². The number of alkyl halides is 3. The zero-order valence-corrected chi connectivity index (χ0v) is 7.04. The molecular formula is C8H4F3O4-. The third kappa shape index (κ3) is 3.04. The summed E-state index contributed by atoms with van der Waals surface area (Å²) in [5.41, 5.74) is -0.716. The summed E-state index contributed by atoms with van der Waals surface area (Å²) >= 11 is 0. The Bertz CT molecular complexity index is 386. The average molecular weight is 221 g/mol. The van der Waals surface area contributed by atoms with Crippen LogP contribution < -0.4 is 9.84 Å². The zero-order valence-electron chi connectivity index (χ0n) is 7.04. The lowest BCUT2D eigenvalue weighted by Gasteiger charge is -2.14. The van der Waals surface area contributed by atoms with Gasteiger partial charge in [0.1, 0.15) is 11.3 Å². The molecule has 0 heterocycles. The minimum atomic E-state index is -5.03. The Morgan fingerprint density at radius 1 is 1.40 bits per heavy atom. The van der Waals surface area contributed by atoms with Crippen molar-refractivity contribution in [3.05, 3.63) is 23.8 Å². The first-order valence-electron chi connectivity index (χ1n) is 3.60. The first kappa shape index (κ1) is 11.2. The molecular weight excluding hydrogens is 217 g/mol. The number of ether oxygens (including phenoxy) is 1. The molecule has 0 unspecified atom stereocenters. The van der Waals surface area contributed by atoms with Crippen LogP contribution in [0.5, 0.6) is 11.5 Å². The molecule has 1 aromatic carbocycles. The Hall–Kier alpha value is -1.92. The fraction of sp³-hybridized carbons (Fsp3) is 0.125. The Morgan fingerprint density at radius 3 is 2.47 bits per heavy atom. The molecule has 0 saturated carbocycles. The van der Waals surface area contributed by atoms with Crippen LogP contribution in [0.15, 0.2) is 18.2 Å². The minimum absolute atomic E-state index is 0.469. The predicted octanol–water partition coefficient (Wildman–Crippen LogP) is 1.36. The number of hydrogen-bond donors (Lipinski definition) is 1. The second-order valence-electron chi connectivity index (χ2n) is 2.51. The van der Waals surface area contributed by atoms with Gasteiger partial charge in [-0.25, -0.2) is 4.79 Å². The van der Waals surface area contributed by atoms with Crippen molar-refractivity contribution in [3.63, 3.8) is 0 Å². The van der Waals surface area contributed by atoms with Crippen LogP contribution in [0, 0.1) is 0 Å². The minimum Gasteiger partial charge on any atom is -0.872 e. The van der Waals surface area contributed by atoms with Crippen molar-refractivity contribution in [2.45, 2.75) is 6.36 Å². The van der Waals surface area contributed by atoms with Gasteiger partial charge in [-0.1, -0.05) is 6.07 Å². The van der Waals surface area contributed by atoms with Gasteiger partial charge in [-0.3, -0.25) is 0 Å². The van der Waals surface area contributed by atoms with E-state index in [0.717, 1.165) is 12.1 Å². The highest BCUT2D eigenvalue weighted by molar-refractivity contribution is 5.91. The van der Waals surface area contributed by atoms with Crippen LogP contribution in [-0.4, -0.2) is 17.4 Å². The third-order valence-corrected chi connectivity index (χ3v) is 1.41. The fourth-order valence-corrected chi connectivity index (χ4v) is 0.888. The molecule has 1 rings (SSSR count). The number of carbonyl (C=O) groups is 1. The molecule has 0 aliphatic rings. The molecule has 0 spiro atoms. The number of hydrogen-bond acceptors (Lipinski definition) is 3. The van der Waals surface area contributed by atoms with E-state index in [9.17, 15) is 23.1 Å². The highest BCUT2D eigenvalue weighted by Crippen LogP contribution is 2.28. The van der Waals surface area contributed by atoms with Crippen molar-refractivity contribution in [3.8, 4) is 11.5 Å². The summed E-state index contributed by atoms with van der Waals surface area (Å²) in [6, 6.07) is 2.06. The molecule has 0 saturated heterocycles. The topological polar surface area (TPSA) is 69.6 Å². The average Bonchev–Trinajstić information content (AvgIpc) is 1.99. The summed E-state index contributed by atoms with van der Waals surface area (Å²) in [7, 11) is 0. The molecule has 82 valence electrons. The van der Waals surface area contributed by atoms with Crippen molar-refractivity contribution in [2.24, 2.45) is 0 Å². The van der Waals surface area contributed by atoms with Crippen LogP contribution in [0.2, 0.25) is 0 Å². The molecule has 0 amide bonds. The summed E-state index contributed by atoms with van der Waals surface area (Å²) < 4.78 is 38.8. The van der Waals surface area contributed by atoms with Crippen molar-refractivity contribution in [2.75, 3.05) is 0 Å². The number of benzene rings is 1. The third-order valence-electron chi connectivity index (χ3n) is 1.41. The Morgan fingerprint density at radius 2 is 2.00 bits per heavy atom. The van der Waals surface area contributed by atoms with Gasteiger partial charge in [0.05, 0.1) is 0 Å². The second kappa shape index (κ2) is 3.68. The van der Waals surface area contributed by atoms with Crippen molar-refractivity contribution in [1.82, 2.24) is 0 Å². The Balaban J connectivity index is 3.13. The number of rotatable bonds is 2. The molecule has 0 fully saturated rings. The molecule has 0 bridgehead atoms. The SMILES string of the molecule is O=C(O)c1ccc([O-])cc1OC(F)(F)F. The molecule has 0 aromatic heterocycles. The van der Waals surface area contributed by atoms with Gasteiger partial charge >= 0.3 is 12.3 Å². The lowest BCUT2D eigenvalue weighted by atomic mass is 10.2. The highest BCUT2D eigenvalue weighted by atomic mass is 19.4. The molecule has 0 aliphatic carbocycles. The summed E-state index contributed by atoms with van der Waals surface area (Å²) in [6.45, 7) is 0. The standard InChI is InChI=1S/C8H5F3O4/c9-8(10,11)15-6-3-4(12)1-2-5(6)7(13)14/h1-3,12H,(H,13,14)/p-1. The monoisotopic (exact) mass is 221 g/mol. The van der Waals surface area contributed by atoms with Gasteiger partial charge in [0.2, 0.25) is 0 Å². The number of carboxylic acid groups (broad SMARTS) is 1. The van der Waals surface area contributed by atoms with Gasteiger partial charge < -0.3 is 14.9 Å². The van der Waals surface area contributed by atoms with E-state index in [1.54, 1.807) is 0 Å². The van der Waals surface area contributed by atoms with Crippen molar-refractivity contribution >= 4 is 5.97 Å². The van der Waals surface area contributed by atoms with Crippen LogP contribution in [0.1, 0.15) is 10.4 Å². The normalized spacial score (nSPS) is 11.1. The molecule has 4 nitrogen and oxygen atoms in total. The van der Waals surface area contributed by atoms with Gasteiger partial charge in [-0.05, 0) is 12.1 Å². The maximum atomic E-state index is 11.8. The van der Waals surface area contributed by atoms with Gasteiger partial charge in [0.25, 0.3) is 0 Å². The maximum Gasteiger partial charge on any atom is 0.573 e. The molecule has 15 heavy (non-hydrogen) atoms. The molecule has 7 heteroatoms. The molecule has 1 N–H and O–H groups in total. The zero-order chi connectivity index (χ0) is 11.6. The van der Waals surface area contributed by atoms with Gasteiger partial charge in [-0.15, -0.1) is 18.9 Å². The van der Waals surface area contributed by atoms with E-state index in [1.807, 2.05) is 0 Å². The second-order valence-corrected chi connectivity index (χ2v) is 2.51. The van der Waals surface area contributed by atoms with Crippen LogP contribution in [-0.2, 0) is 0 Å². The summed E-state index contributed by atoms with van der Waals surface area (Å²) in [5.74, 6) is -3.38. The van der Waals surface area contributed by atoms with Crippen LogP contribution in [0.3, 0.4) is 0 Å². The van der Waals surface area contributed by atoms with Crippen molar-refractivity contribution in [1.29, 1.82) is 0 Å². The Kier molecular flexibility index (Phi) is 2.74. The lowest BCUT2D eigenvalue weighted by Crippen LogP contribution is -2.19. The number of carboxylic acids is 1. The van der Waals surface area contributed by atoms with E-state index >= 15 is 0 Å². The lowest BCUT2D eigenvalue weighted by molar-refractivity contribution is -0.277. The quantitative estimate of drug-likeness (QED) is 0.818. The molecule has 0 aliphatic heterocycles. The van der Waals surface area contributed by atoms with Crippen LogP contribution >= 0.6 is 0 Å². The van der Waals surface area contributed by atoms with Crippen molar-refractivity contribution < 1.29 is 32.9 Å². The number of halogens is 3. The van der Waals surface area contributed by atoms with E-state index in [2.05, 4.69) is 4.74 Å². The van der Waals surface area contributed by atoms with E-state index < -0.39 is 29.4 Å². The van der Waals surface area contributed by atoms with Gasteiger partial charge in [0, 0.05) is 0 Å². The largest absolute Gasteiger partial charge is 0.872 e. The van der Waals surface area contributed by atoms with Crippen LogP contribution in [0.25, 0.3) is 0 Å². The summed E-state index contributed by atoms with van der Waals surface area (Å²) in [4.78, 5) is 10.5. The highest BCUT2D eigenvalue weighted by Gasteiger charge is 2.32.